The lowest BCUT2D eigenvalue weighted by molar-refractivity contribution is -0.113. The number of anilines is 1. The molecule has 1 aromatic heterocycles. The van der Waals surface area contributed by atoms with Crippen molar-refractivity contribution >= 4 is 60.9 Å². The van der Waals surface area contributed by atoms with Gasteiger partial charge in [-0.15, -0.1) is 0 Å². The second-order valence-corrected chi connectivity index (χ2v) is 7.41. The zero-order valence-corrected chi connectivity index (χ0v) is 15.3. The molecule has 1 aromatic carbocycles. The summed E-state index contributed by atoms with van der Waals surface area (Å²) in [6.45, 7) is 7.88. The highest BCUT2D eigenvalue weighted by molar-refractivity contribution is 8.23. The van der Waals surface area contributed by atoms with Crippen LogP contribution in [0.15, 0.2) is 18.2 Å². The van der Waals surface area contributed by atoms with E-state index >= 15 is 0 Å². The zero-order chi connectivity index (χ0) is 16.1. The molecule has 0 spiro atoms. The summed E-state index contributed by atoms with van der Waals surface area (Å²) in [5.74, 6) is 0.236. The Hall–Kier alpha value is -1.18. The van der Waals surface area contributed by atoms with Crippen molar-refractivity contribution in [2.75, 3.05) is 24.2 Å². The van der Waals surface area contributed by atoms with E-state index in [1.54, 1.807) is 0 Å². The third-order valence-corrected chi connectivity index (χ3v) is 5.60. The fourth-order valence-electron chi connectivity index (χ4n) is 1.94. The van der Waals surface area contributed by atoms with Gasteiger partial charge < -0.3 is 10.2 Å². The molecule has 0 saturated heterocycles. The SMILES string of the molecule is CCN(CC)C(=S)SCC(=O)Nc1nc2ccc(C)cc2s1. The fourth-order valence-corrected chi connectivity index (χ4v) is 4.12. The summed E-state index contributed by atoms with van der Waals surface area (Å²) < 4.78 is 1.85. The van der Waals surface area contributed by atoms with E-state index in [4.69, 9.17) is 12.2 Å². The third kappa shape index (κ3) is 4.41. The van der Waals surface area contributed by atoms with E-state index in [1.807, 2.05) is 19.1 Å². The Labute approximate surface area is 144 Å². The van der Waals surface area contributed by atoms with E-state index in [1.165, 1.54) is 28.7 Å². The molecule has 0 atom stereocenters. The van der Waals surface area contributed by atoms with Crippen molar-refractivity contribution in [1.29, 1.82) is 0 Å². The molecular weight excluding hydrogens is 334 g/mol. The number of fused-ring (bicyclic) bond motifs is 1. The average Bonchev–Trinajstić information content (AvgIpc) is 2.87. The van der Waals surface area contributed by atoms with Crippen molar-refractivity contribution in [3.63, 3.8) is 0 Å². The number of thiazole rings is 1. The molecular formula is C15H19N3OS3. The number of nitrogens with zero attached hydrogens (tertiary/aromatic N) is 2. The smallest absolute Gasteiger partial charge is 0.236 e. The molecule has 0 saturated carbocycles. The first kappa shape index (κ1) is 17.2. The molecule has 7 heteroatoms. The van der Waals surface area contributed by atoms with Gasteiger partial charge in [-0.3, -0.25) is 4.79 Å². The second-order valence-electron chi connectivity index (χ2n) is 4.77. The van der Waals surface area contributed by atoms with Gasteiger partial charge in [0, 0.05) is 13.1 Å². The number of thiocarbonyl (C=S) groups is 1. The molecule has 0 fully saturated rings. The zero-order valence-electron chi connectivity index (χ0n) is 12.9. The Bertz CT molecular complexity index is 680. The van der Waals surface area contributed by atoms with Crippen molar-refractivity contribution < 1.29 is 4.79 Å². The molecule has 118 valence electrons. The van der Waals surface area contributed by atoms with Crippen molar-refractivity contribution in [2.45, 2.75) is 20.8 Å². The van der Waals surface area contributed by atoms with Crippen LogP contribution in [0.2, 0.25) is 0 Å². The maximum Gasteiger partial charge on any atom is 0.236 e. The van der Waals surface area contributed by atoms with Crippen LogP contribution in [0.1, 0.15) is 19.4 Å². The van der Waals surface area contributed by atoms with Crippen molar-refractivity contribution in [1.82, 2.24) is 9.88 Å². The first-order chi connectivity index (χ1) is 10.5. The summed E-state index contributed by atoms with van der Waals surface area (Å²) in [5.41, 5.74) is 2.10. The van der Waals surface area contributed by atoms with Crippen LogP contribution in [0.4, 0.5) is 5.13 Å². The second kappa shape index (κ2) is 7.89. The Morgan fingerprint density at radius 2 is 2.14 bits per heavy atom. The molecule has 4 nitrogen and oxygen atoms in total. The van der Waals surface area contributed by atoms with E-state index in [-0.39, 0.29) is 5.91 Å². The number of aryl methyl sites for hydroxylation is 1. The fraction of sp³-hybridized carbons (Fsp3) is 0.400. The summed E-state index contributed by atoms with van der Waals surface area (Å²) >= 11 is 8.21. The van der Waals surface area contributed by atoms with Crippen LogP contribution in [-0.2, 0) is 4.79 Å². The minimum atomic E-state index is -0.0738. The topological polar surface area (TPSA) is 45.2 Å². The molecule has 2 rings (SSSR count). The molecule has 0 bridgehead atoms. The van der Waals surface area contributed by atoms with Crippen LogP contribution in [0.5, 0.6) is 0 Å². The van der Waals surface area contributed by atoms with Gasteiger partial charge in [0.05, 0.1) is 16.0 Å². The first-order valence-electron chi connectivity index (χ1n) is 7.12. The highest BCUT2D eigenvalue weighted by Gasteiger charge is 2.11. The van der Waals surface area contributed by atoms with Crippen LogP contribution in [0, 0.1) is 6.92 Å². The van der Waals surface area contributed by atoms with Gasteiger partial charge in [0.15, 0.2) is 5.13 Å². The number of carbonyl (C=O) groups excluding carboxylic acids is 1. The Morgan fingerprint density at radius 3 is 2.82 bits per heavy atom. The van der Waals surface area contributed by atoms with Gasteiger partial charge in [0.2, 0.25) is 5.91 Å². The van der Waals surface area contributed by atoms with Crippen LogP contribution in [0.3, 0.4) is 0 Å². The monoisotopic (exact) mass is 353 g/mol. The maximum atomic E-state index is 12.0. The van der Waals surface area contributed by atoms with E-state index in [2.05, 4.69) is 35.1 Å². The van der Waals surface area contributed by atoms with Crippen LogP contribution in [0.25, 0.3) is 10.2 Å². The number of aromatic nitrogens is 1. The molecule has 22 heavy (non-hydrogen) atoms. The summed E-state index contributed by atoms with van der Waals surface area (Å²) in [6.07, 6.45) is 0. The van der Waals surface area contributed by atoms with Gasteiger partial charge in [-0.25, -0.2) is 4.98 Å². The normalized spacial score (nSPS) is 10.7. The lowest BCUT2D eigenvalue weighted by atomic mass is 10.2. The Morgan fingerprint density at radius 1 is 1.41 bits per heavy atom. The standard InChI is InChI=1S/C15H19N3OS3/c1-4-18(5-2)15(20)21-9-13(19)17-14-16-11-7-6-10(3)8-12(11)22-14/h6-8H,4-5,9H2,1-3H3,(H,16,17,19). The predicted molar refractivity (Wildman–Crippen MR) is 101 cm³/mol. The number of carbonyl (C=O) groups is 1. The number of hydrogen-bond acceptors (Lipinski definition) is 5. The van der Waals surface area contributed by atoms with Gasteiger partial charge >= 0.3 is 0 Å². The van der Waals surface area contributed by atoms with Crippen LogP contribution < -0.4 is 5.32 Å². The summed E-state index contributed by atoms with van der Waals surface area (Å²) in [4.78, 5) is 18.5. The highest BCUT2D eigenvalue weighted by Crippen LogP contribution is 2.26. The number of amides is 1. The molecule has 1 N–H and O–H groups in total. The molecule has 1 heterocycles. The molecule has 2 aromatic rings. The number of rotatable bonds is 5. The number of benzene rings is 1. The molecule has 0 radical (unpaired) electrons. The first-order valence-corrected chi connectivity index (χ1v) is 9.33. The van der Waals surface area contributed by atoms with Gasteiger partial charge in [-0.1, -0.05) is 41.4 Å². The largest absolute Gasteiger partial charge is 0.358 e. The van der Waals surface area contributed by atoms with Gasteiger partial charge in [-0.2, -0.15) is 0 Å². The Kier molecular flexibility index (Phi) is 6.16. The van der Waals surface area contributed by atoms with E-state index in [9.17, 15) is 4.79 Å². The maximum absolute atomic E-state index is 12.0. The lowest BCUT2D eigenvalue weighted by Crippen LogP contribution is -2.28. The minimum Gasteiger partial charge on any atom is -0.358 e. The van der Waals surface area contributed by atoms with Crippen LogP contribution in [-0.4, -0.2) is 39.0 Å². The van der Waals surface area contributed by atoms with Gasteiger partial charge in [0.25, 0.3) is 0 Å². The molecule has 0 unspecified atom stereocenters. The number of nitrogens with one attached hydrogen (secondary N) is 1. The quantitative estimate of drug-likeness (QED) is 0.826. The van der Waals surface area contributed by atoms with E-state index < -0.39 is 0 Å². The van der Waals surface area contributed by atoms with Crippen LogP contribution >= 0.6 is 35.3 Å². The van der Waals surface area contributed by atoms with Crippen molar-refractivity contribution in [3.05, 3.63) is 23.8 Å². The van der Waals surface area contributed by atoms with Crippen molar-refractivity contribution in [3.8, 4) is 0 Å². The van der Waals surface area contributed by atoms with E-state index in [0.29, 0.717) is 10.9 Å². The molecule has 1 amide bonds. The highest BCUT2D eigenvalue weighted by atomic mass is 32.2. The average molecular weight is 354 g/mol. The summed E-state index contributed by atoms with van der Waals surface area (Å²) in [7, 11) is 0. The Balaban J connectivity index is 1.92. The third-order valence-electron chi connectivity index (χ3n) is 3.14. The molecule has 0 aliphatic rings. The van der Waals surface area contributed by atoms with Crippen molar-refractivity contribution in [2.24, 2.45) is 0 Å². The summed E-state index contributed by atoms with van der Waals surface area (Å²) in [5, 5.41) is 3.49. The molecule has 0 aliphatic carbocycles. The minimum absolute atomic E-state index is 0.0738. The van der Waals surface area contributed by atoms with Gasteiger partial charge in [-0.05, 0) is 38.5 Å². The predicted octanol–water partition coefficient (Wildman–Crippen LogP) is 3.90. The van der Waals surface area contributed by atoms with Gasteiger partial charge in [0.1, 0.15) is 4.32 Å². The van der Waals surface area contributed by atoms with E-state index in [0.717, 1.165) is 27.6 Å². The summed E-state index contributed by atoms with van der Waals surface area (Å²) in [6, 6.07) is 6.07. The number of thioether (sulfide) groups is 1. The number of hydrogen-bond donors (Lipinski definition) is 1. The molecule has 0 aliphatic heterocycles. The lowest BCUT2D eigenvalue weighted by Gasteiger charge is -2.20.